The van der Waals surface area contributed by atoms with Crippen LogP contribution in [0, 0.1) is 0 Å². The number of carbonyl (C=O) groups excluding carboxylic acids is 1. The largest absolute Gasteiger partial charge is 0.549 e. The van der Waals surface area contributed by atoms with Gasteiger partial charge in [-0.05, 0) is 6.42 Å². The Kier molecular flexibility index (Phi) is 3.00. The number of hydrogen-bond donors (Lipinski definition) is 0. The number of alkyl halides is 1. The predicted octanol–water partition coefficient (Wildman–Crippen LogP) is -0.0902. The lowest BCUT2D eigenvalue weighted by atomic mass is 10.3. The van der Waals surface area contributed by atoms with Crippen LogP contribution in [0.25, 0.3) is 0 Å². The van der Waals surface area contributed by atoms with Gasteiger partial charge >= 0.3 is 0 Å². The van der Waals surface area contributed by atoms with Crippen LogP contribution in [0.4, 0.5) is 0 Å². The third-order valence-corrected chi connectivity index (χ3v) is 1.64. The molecule has 0 amide bonds. The van der Waals surface area contributed by atoms with E-state index in [0.29, 0.717) is 6.42 Å². The van der Waals surface area contributed by atoms with Crippen LogP contribution in [0.15, 0.2) is 0 Å². The molecule has 0 N–H and O–H groups in total. The second-order valence-electron chi connectivity index (χ2n) is 1.19. The van der Waals surface area contributed by atoms with E-state index in [1.54, 1.807) is 6.92 Å². The minimum atomic E-state index is -1.04. The summed E-state index contributed by atoms with van der Waals surface area (Å²) in [4.78, 5) is 9.29. The van der Waals surface area contributed by atoms with Gasteiger partial charge in [0.15, 0.2) is 0 Å². The summed E-state index contributed by atoms with van der Waals surface area (Å²) < 4.78 is 0. The van der Waals surface area contributed by atoms with Gasteiger partial charge in [0, 0.05) is 0 Å². The van der Waals surface area contributed by atoms with Crippen molar-refractivity contribution in [3.05, 3.63) is 0 Å². The van der Waals surface area contributed by atoms with E-state index < -0.39 is 10.8 Å². The van der Waals surface area contributed by atoms with Crippen molar-refractivity contribution in [3.63, 3.8) is 0 Å². The van der Waals surface area contributed by atoms with Crippen molar-refractivity contribution in [1.29, 1.82) is 0 Å². The normalized spacial score (nSPS) is 13.4. The predicted molar refractivity (Wildman–Crippen MR) is 28.0 cm³/mol. The van der Waals surface area contributed by atoms with Crippen LogP contribution >= 0.6 is 15.9 Å². The molecule has 0 saturated carbocycles. The van der Waals surface area contributed by atoms with Crippen molar-refractivity contribution in [2.24, 2.45) is 0 Å². The van der Waals surface area contributed by atoms with Crippen LogP contribution in [0.3, 0.4) is 0 Å². The van der Waals surface area contributed by atoms with Crippen molar-refractivity contribution in [1.82, 2.24) is 0 Å². The summed E-state index contributed by atoms with van der Waals surface area (Å²) >= 11 is 2.88. The van der Waals surface area contributed by atoms with Gasteiger partial charge in [-0.15, -0.1) is 0 Å². The van der Waals surface area contributed by atoms with Gasteiger partial charge in [0.1, 0.15) is 0 Å². The first-order chi connectivity index (χ1) is 3.18. The van der Waals surface area contributed by atoms with E-state index in [-0.39, 0.29) is 0 Å². The fourth-order valence-electron chi connectivity index (χ4n) is 0.167. The zero-order chi connectivity index (χ0) is 5.86. The molecule has 0 fully saturated rings. The molecule has 0 bridgehead atoms. The Morgan fingerprint density at radius 2 is 2.43 bits per heavy atom. The van der Waals surface area contributed by atoms with Gasteiger partial charge in [-0.1, -0.05) is 22.9 Å². The van der Waals surface area contributed by atoms with Gasteiger partial charge < -0.3 is 9.90 Å². The number of rotatable bonds is 2. The van der Waals surface area contributed by atoms with E-state index >= 15 is 0 Å². The van der Waals surface area contributed by atoms with E-state index in [2.05, 4.69) is 15.9 Å². The number of aliphatic carboxylic acids is 1. The summed E-state index contributed by atoms with van der Waals surface area (Å²) in [6.45, 7) is 1.77. The Labute approximate surface area is 50.7 Å². The van der Waals surface area contributed by atoms with Crippen LogP contribution in [0.1, 0.15) is 13.3 Å². The Morgan fingerprint density at radius 1 is 2.00 bits per heavy atom. The van der Waals surface area contributed by atoms with E-state index in [0.717, 1.165) is 0 Å². The van der Waals surface area contributed by atoms with Crippen LogP contribution in [-0.4, -0.2) is 10.8 Å². The molecule has 0 radical (unpaired) electrons. The maximum atomic E-state index is 9.77. The third kappa shape index (κ3) is 2.62. The van der Waals surface area contributed by atoms with Crippen molar-refractivity contribution in [3.8, 4) is 0 Å². The molecule has 1 atom stereocenters. The fraction of sp³-hybridized carbons (Fsp3) is 0.750. The average Bonchev–Trinajstić information content (AvgIpc) is 1.65. The van der Waals surface area contributed by atoms with Crippen LogP contribution < -0.4 is 5.11 Å². The molecule has 0 aliphatic heterocycles. The third-order valence-electron chi connectivity index (χ3n) is 0.614. The summed E-state index contributed by atoms with van der Waals surface area (Å²) in [5, 5.41) is 9.77. The highest BCUT2D eigenvalue weighted by atomic mass is 79.9. The van der Waals surface area contributed by atoms with Gasteiger partial charge in [-0.3, -0.25) is 0 Å². The van der Waals surface area contributed by atoms with Crippen LogP contribution in [0.5, 0.6) is 0 Å². The molecule has 7 heavy (non-hydrogen) atoms. The van der Waals surface area contributed by atoms with Gasteiger partial charge in [0.25, 0.3) is 0 Å². The van der Waals surface area contributed by atoms with E-state index in [4.69, 9.17) is 0 Å². The minimum absolute atomic E-state index is 0.479. The van der Waals surface area contributed by atoms with Gasteiger partial charge in [0.2, 0.25) is 0 Å². The molecule has 0 aliphatic rings. The minimum Gasteiger partial charge on any atom is -0.549 e. The highest BCUT2D eigenvalue weighted by molar-refractivity contribution is 9.10. The molecule has 1 unspecified atom stereocenters. The molecular formula is C4H6BrO2-. The number of carboxylic acid groups (broad SMARTS) is 1. The van der Waals surface area contributed by atoms with Gasteiger partial charge in [-0.25, -0.2) is 0 Å². The Bertz CT molecular complexity index is 72.1. The maximum absolute atomic E-state index is 9.77. The van der Waals surface area contributed by atoms with Crippen molar-refractivity contribution in [2.45, 2.75) is 18.2 Å². The summed E-state index contributed by atoms with van der Waals surface area (Å²) in [6, 6.07) is 0. The quantitative estimate of drug-likeness (QED) is 0.537. The van der Waals surface area contributed by atoms with Crippen LogP contribution in [0.2, 0.25) is 0 Å². The number of halogens is 1. The number of carboxylic acids is 1. The molecule has 0 saturated heterocycles. The average molecular weight is 166 g/mol. The highest BCUT2D eigenvalue weighted by Crippen LogP contribution is 2.00. The second-order valence-corrected chi connectivity index (χ2v) is 2.30. The fourth-order valence-corrected chi connectivity index (χ4v) is 0.167. The molecule has 2 nitrogen and oxygen atoms in total. The molecule has 3 heteroatoms. The molecule has 0 aromatic heterocycles. The Balaban J connectivity index is 3.34. The van der Waals surface area contributed by atoms with Gasteiger partial charge in [0.05, 0.1) is 10.8 Å². The van der Waals surface area contributed by atoms with E-state index in [9.17, 15) is 9.90 Å². The first kappa shape index (κ1) is 6.95. The second kappa shape index (κ2) is 3.02. The maximum Gasteiger partial charge on any atom is 0.0551 e. The van der Waals surface area contributed by atoms with E-state index in [1.165, 1.54) is 0 Å². The van der Waals surface area contributed by atoms with E-state index in [1.807, 2.05) is 0 Å². The Morgan fingerprint density at radius 3 is 2.43 bits per heavy atom. The Hall–Kier alpha value is -0.0500. The lowest BCUT2D eigenvalue weighted by Crippen LogP contribution is -2.30. The van der Waals surface area contributed by atoms with Crippen molar-refractivity contribution in [2.75, 3.05) is 0 Å². The standard InChI is InChI=1S/C4H7BrO2/c1-2-3(5)4(6)7/h3H,2H2,1H3,(H,6,7)/p-1. The van der Waals surface area contributed by atoms with Gasteiger partial charge in [-0.2, -0.15) is 0 Å². The lowest BCUT2D eigenvalue weighted by molar-refractivity contribution is -0.304. The molecule has 0 aromatic rings. The van der Waals surface area contributed by atoms with Crippen molar-refractivity contribution < 1.29 is 9.90 Å². The molecule has 0 rings (SSSR count). The van der Waals surface area contributed by atoms with Crippen LogP contribution in [-0.2, 0) is 4.79 Å². The SMILES string of the molecule is CCC(Br)C(=O)[O-]. The highest BCUT2D eigenvalue weighted by Gasteiger charge is 1.97. The summed E-state index contributed by atoms with van der Waals surface area (Å²) in [5.41, 5.74) is 0. The molecule has 0 heterocycles. The monoisotopic (exact) mass is 165 g/mol. The number of hydrogen-bond acceptors (Lipinski definition) is 2. The zero-order valence-corrected chi connectivity index (χ0v) is 5.56. The molecule has 42 valence electrons. The first-order valence-corrected chi connectivity index (χ1v) is 2.95. The molecular weight excluding hydrogens is 160 g/mol. The summed E-state index contributed by atoms with van der Waals surface area (Å²) in [6.07, 6.45) is 0.572. The number of carbonyl (C=O) groups is 1. The molecule has 0 spiro atoms. The zero-order valence-electron chi connectivity index (χ0n) is 3.98. The topological polar surface area (TPSA) is 40.1 Å². The molecule has 0 aromatic carbocycles. The summed E-state index contributed by atoms with van der Waals surface area (Å²) in [5.74, 6) is -1.04. The molecule has 0 aliphatic carbocycles. The first-order valence-electron chi connectivity index (χ1n) is 2.03. The summed E-state index contributed by atoms with van der Waals surface area (Å²) in [7, 11) is 0. The smallest absolute Gasteiger partial charge is 0.0551 e. The van der Waals surface area contributed by atoms with Crippen molar-refractivity contribution >= 4 is 21.9 Å². The lowest BCUT2D eigenvalue weighted by Gasteiger charge is -2.04.